The molecule has 0 bridgehead atoms. The zero-order chi connectivity index (χ0) is 22.2. The van der Waals surface area contributed by atoms with Crippen LogP contribution in [0.5, 0.6) is 0 Å². The maximum atomic E-state index is 12.5. The molecule has 0 aliphatic carbocycles. The molecule has 0 spiro atoms. The number of aliphatic carboxylic acids is 1. The first-order valence-corrected chi connectivity index (χ1v) is 10.9. The van der Waals surface area contributed by atoms with Crippen molar-refractivity contribution >= 4 is 23.7 Å². The van der Waals surface area contributed by atoms with Gasteiger partial charge in [0.25, 0.3) is 0 Å². The summed E-state index contributed by atoms with van der Waals surface area (Å²) in [5.74, 6) is -1.31. The Morgan fingerprint density at radius 3 is 2.72 bits per heavy atom. The van der Waals surface area contributed by atoms with Gasteiger partial charge in [0.15, 0.2) is 0 Å². The van der Waals surface area contributed by atoms with Crippen LogP contribution in [0.2, 0.25) is 0 Å². The molecule has 0 fully saturated rings. The van der Waals surface area contributed by atoms with E-state index in [4.69, 9.17) is 20.3 Å². The van der Waals surface area contributed by atoms with Gasteiger partial charge in [0, 0.05) is 18.1 Å². The van der Waals surface area contributed by atoms with E-state index < -0.39 is 28.8 Å². The van der Waals surface area contributed by atoms with Gasteiger partial charge in [-0.1, -0.05) is 25.2 Å². The Labute approximate surface area is 177 Å². The number of cyclic esters (lactones) is 1. The van der Waals surface area contributed by atoms with Crippen molar-refractivity contribution in [3.05, 3.63) is 23.8 Å². The number of hydrogen-bond acceptors (Lipinski definition) is 7. The molecule has 29 heavy (non-hydrogen) atoms. The fourth-order valence-corrected chi connectivity index (χ4v) is 4.23. The molecule has 0 aromatic rings. The molecule has 4 N–H and O–H groups in total. The molecule has 166 valence electrons. The Kier molecular flexibility index (Phi) is 10.4. The van der Waals surface area contributed by atoms with Crippen LogP contribution in [0.25, 0.3) is 0 Å². The maximum Gasteiger partial charge on any atom is 0.321 e. The minimum absolute atomic E-state index is 0.0577. The van der Waals surface area contributed by atoms with Crippen LogP contribution in [0, 0.1) is 5.92 Å². The molecule has 0 amide bonds. The number of methoxy groups -OCH3 is 1. The summed E-state index contributed by atoms with van der Waals surface area (Å²) in [7, 11) is 1.60. The highest BCUT2D eigenvalue weighted by molar-refractivity contribution is 8.00. The van der Waals surface area contributed by atoms with Gasteiger partial charge in [-0.3, -0.25) is 9.59 Å². The second-order valence-electron chi connectivity index (χ2n) is 7.91. The highest BCUT2D eigenvalue weighted by atomic mass is 32.2. The lowest BCUT2D eigenvalue weighted by molar-refractivity contribution is -0.151. The zero-order valence-electron chi connectivity index (χ0n) is 18.0. The van der Waals surface area contributed by atoms with Gasteiger partial charge in [0.2, 0.25) is 0 Å². The van der Waals surface area contributed by atoms with E-state index in [2.05, 4.69) is 6.08 Å². The first kappa shape index (κ1) is 25.7. The molecule has 6 atom stereocenters. The summed E-state index contributed by atoms with van der Waals surface area (Å²) in [6.45, 7) is 7.47. The number of carboxylic acids is 1. The van der Waals surface area contributed by atoms with E-state index in [0.717, 1.165) is 30.2 Å². The standard InChI is InChI=1S/C21H35NO6S/c1-13-7-6-8-14(2)17(27-5)9-10-21(4,26)18(11-19(23)28-15(13)3)29-12-16(22)20(24)25/h8-10,13,15-18,26H,6-7,11-12,22H2,1-5H3,(H,24,25)/b10-9+,14-8+. The summed E-state index contributed by atoms with van der Waals surface area (Å²) in [6, 6.07) is -1.08. The molecular weight excluding hydrogens is 394 g/mol. The number of esters is 1. The molecule has 1 aliphatic rings. The third-order valence-corrected chi connectivity index (χ3v) is 6.91. The van der Waals surface area contributed by atoms with E-state index in [9.17, 15) is 14.7 Å². The van der Waals surface area contributed by atoms with E-state index in [1.54, 1.807) is 26.2 Å². The van der Waals surface area contributed by atoms with E-state index in [1.165, 1.54) is 0 Å². The van der Waals surface area contributed by atoms with Crippen LogP contribution in [0.1, 0.15) is 47.0 Å². The fourth-order valence-electron chi connectivity index (χ4n) is 2.98. The van der Waals surface area contributed by atoms with Crippen molar-refractivity contribution < 1.29 is 29.3 Å². The first-order valence-electron chi connectivity index (χ1n) is 9.88. The molecule has 0 saturated heterocycles. The van der Waals surface area contributed by atoms with Gasteiger partial charge >= 0.3 is 11.9 Å². The molecule has 1 aliphatic heterocycles. The molecule has 0 saturated carbocycles. The third kappa shape index (κ3) is 8.50. The van der Waals surface area contributed by atoms with E-state index in [1.807, 2.05) is 20.8 Å². The number of carbonyl (C=O) groups is 2. The minimum Gasteiger partial charge on any atom is -0.480 e. The lowest BCUT2D eigenvalue weighted by Gasteiger charge is -2.31. The molecule has 6 unspecified atom stereocenters. The van der Waals surface area contributed by atoms with Crippen molar-refractivity contribution in [2.75, 3.05) is 12.9 Å². The van der Waals surface area contributed by atoms with Crippen molar-refractivity contribution in [3.8, 4) is 0 Å². The highest BCUT2D eigenvalue weighted by Gasteiger charge is 2.34. The number of thioether (sulfide) groups is 1. The van der Waals surface area contributed by atoms with Crippen molar-refractivity contribution in [1.82, 2.24) is 0 Å². The molecule has 0 aromatic carbocycles. The Hall–Kier alpha value is -1.35. The Bertz CT molecular complexity index is 618. The monoisotopic (exact) mass is 429 g/mol. The average molecular weight is 430 g/mol. The zero-order valence-corrected chi connectivity index (χ0v) is 18.8. The molecule has 7 nitrogen and oxygen atoms in total. The van der Waals surface area contributed by atoms with Crippen LogP contribution in [-0.2, 0) is 19.1 Å². The van der Waals surface area contributed by atoms with Crippen molar-refractivity contribution in [3.63, 3.8) is 0 Å². The van der Waals surface area contributed by atoms with Crippen molar-refractivity contribution in [2.24, 2.45) is 11.7 Å². The van der Waals surface area contributed by atoms with Crippen LogP contribution in [-0.4, -0.2) is 64.1 Å². The summed E-state index contributed by atoms with van der Waals surface area (Å²) >= 11 is 1.15. The predicted molar refractivity (Wildman–Crippen MR) is 115 cm³/mol. The summed E-state index contributed by atoms with van der Waals surface area (Å²) < 4.78 is 11.1. The van der Waals surface area contributed by atoms with Crippen LogP contribution in [0.4, 0.5) is 0 Å². The first-order chi connectivity index (χ1) is 13.5. The smallest absolute Gasteiger partial charge is 0.321 e. The summed E-state index contributed by atoms with van der Waals surface area (Å²) in [6.07, 6.45) is 6.56. The normalized spacial score (nSPS) is 36.2. The van der Waals surface area contributed by atoms with Gasteiger partial charge in [0.1, 0.15) is 12.1 Å². The Morgan fingerprint density at radius 1 is 1.48 bits per heavy atom. The number of carbonyl (C=O) groups excluding carboxylic acids is 1. The van der Waals surface area contributed by atoms with Crippen LogP contribution in [0.3, 0.4) is 0 Å². The molecule has 8 heteroatoms. The molecule has 0 radical (unpaired) electrons. The van der Waals surface area contributed by atoms with E-state index >= 15 is 0 Å². The summed E-state index contributed by atoms with van der Waals surface area (Å²) in [4.78, 5) is 23.5. The summed E-state index contributed by atoms with van der Waals surface area (Å²) in [5, 5.41) is 19.5. The quantitative estimate of drug-likeness (QED) is 0.451. The molecule has 1 heterocycles. The highest BCUT2D eigenvalue weighted by Crippen LogP contribution is 2.30. The number of hydrogen-bond donors (Lipinski definition) is 3. The lowest BCUT2D eigenvalue weighted by atomic mass is 9.95. The predicted octanol–water partition coefficient (Wildman–Crippen LogP) is 2.52. The summed E-state index contributed by atoms with van der Waals surface area (Å²) in [5.41, 5.74) is 5.25. The number of ether oxygens (including phenoxy) is 2. The number of allylic oxidation sites excluding steroid dienone is 1. The van der Waals surface area contributed by atoms with Gasteiger partial charge in [-0.25, -0.2) is 0 Å². The molecule has 0 aromatic heterocycles. The second-order valence-corrected chi connectivity index (χ2v) is 9.15. The van der Waals surface area contributed by atoms with Crippen LogP contribution >= 0.6 is 11.8 Å². The van der Waals surface area contributed by atoms with Crippen molar-refractivity contribution in [2.45, 2.75) is 76.1 Å². The number of rotatable bonds is 5. The third-order valence-electron chi connectivity index (χ3n) is 5.32. The van der Waals surface area contributed by atoms with Gasteiger partial charge < -0.3 is 25.4 Å². The lowest BCUT2D eigenvalue weighted by Crippen LogP contribution is -2.40. The maximum absolute atomic E-state index is 12.5. The number of aliphatic hydroxyl groups is 1. The van der Waals surface area contributed by atoms with Gasteiger partial charge in [-0.15, -0.1) is 0 Å². The average Bonchev–Trinajstić information content (AvgIpc) is 2.63. The number of nitrogens with two attached hydrogens (primary N) is 1. The SMILES string of the molecule is COC1/C=C/C(C)(O)C(SCC(N)C(=O)O)CC(=O)OC(C)C(C)CC/C=C/1C. The Balaban J connectivity index is 3.17. The van der Waals surface area contributed by atoms with E-state index in [-0.39, 0.29) is 30.3 Å². The second kappa shape index (κ2) is 11.7. The van der Waals surface area contributed by atoms with Crippen molar-refractivity contribution in [1.29, 1.82) is 0 Å². The van der Waals surface area contributed by atoms with Gasteiger partial charge in [-0.05, 0) is 45.1 Å². The van der Waals surface area contributed by atoms with Crippen LogP contribution < -0.4 is 5.73 Å². The largest absolute Gasteiger partial charge is 0.480 e. The van der Waals surface area contributed by atoms with Crippen LogP contribution in [0.15, 0.2) is 23.8 Å². The van der Waals surface area contributed by atoms with E-state index in [0.29, 0.717) is 0 Å². The molecule has 1 rings (SSSR count). The molecular formula is C21H35NO6S. The minimum atomic E-state index is -1.39. The van der Waals surface area contributed by atoms with Gasteiger partial charge in [-0.2, -0.15) is 11.8 Å². The topological polar surface area (TPSA) is 119 Å². The fraction of sp³-hybridized carbons (Fsp3) is 0.714. The Morgan fingerprint density at radius 2 is 2.14 bits per heavy atom. The van der Waals surface area contributed by atoms with Gasteiger partial charge in [0.05, 0.1) is 18.1 Å². The number of carboxylic acid groups (broad SMARTS) is 1.